The molecule has 0 atom stereocenters. The number of rotatable bonds is 4. The van der Waals surface area contributed by atoms with Crippen molar-refractivity contribution in [3.05, 3.63) is 86.6 Å². The number of halogens is 2. The summed E-state index contributed by atoms with van der Waals surface area (Å²) >= 11 is 12.1. The summed E-state index contributed by atoms with van der Waals surface area (Å²) in [4.78, 5) is 22.9. The number of carbonyl (C=O) groups excluding carboxylic acids is 1. The van der Waals surface area contributed by atoms with Crippen LogP contribution in [0, 0.1) is 10.1 Å². The quantitative estimate of drug-likeness (QED) is 0.517. The van der Waals surface area contributed by atoms with Crippen molar-refractivity contribution in [3.63, 3.8) is 0 Å². The Morgan fingerprint density at radius 2 is 1.80 bits per heavy atom. The second-order valence-corrected chi connectivity index (χ2v) is 5.97. The number of anilines is 1. The number of nitro groups is 1. The van der Waals surface area contributed by atoms with Gasteiger partial charge in [0.25, 0.3) is 11.6 Å². The highest BCUT2D eigenvalue weighted by Crippen LogP contribution is 2.27. The molecule has 1 amide bonds. The Hall–Kier alpha value is -2.83. The van der Waals surface area contributed by atoms with Crippen molar-refractivity contribution in [3.8, 4) is 5.69 Å². The second-order valence-electron chi connectivity index (χ2n) is 5.13. The Kier molecular flexibility index (Phi) is 4.74. The summed E-state index contributed by atoms with van der Waals surface area (Å²) in [6.07, 6.45) is 3.61. The average molecular weight is 376 g/mol. The van der Waals surface area contributed by atoms with Crippen molar-refractivity contribution < 1.29 is 9.72 Å². The van der Waals surface area contributed by atoms with E-state index in [-0.39, 0.29) is 16.3 Å². The molecule has 0 aliphatic rings. The molecule has 6 nitrogen and oxygen atoms in total. The Bertz CT molecular complexity index is 956. The Balaban J connectivity index is 1.97. The molecular formula is C17H11Cl2N3O3. The third kappa shape index (κ3) is 3.65. The molecule has 0 spiro atoms. The fourth-order valence-corrected chi connectivity index (χ4v) is 2.68. The van der Waals surface area contributed by atoms with E-state index in [4.69, 9.17) is 23.2 Å². The van der Waals surface area contributed by atoms with Gasteiger partial charge in [0.1, 0.15) is 0 Å². The van der Waals surface area contributed by atoms with Crippen LogP contribution in [0.4, 0.5) is 11.4 Å². The molecule has 0 aliphatic heterocycles. The first kappa shape index (κ1) is 17.0. The summed E-state index contributed by atoms with van der Waals surface area (Å²) in [5.41, 5.74) is 0.959. The molecule has 1 heterocycles. The van der Waals surface area contributed by atoms with Crippen molar-refractivity contribution in [2.75, 3.05) is 5.32 Å². The molecular weight excluding hydrogens is 365 g/mol. The molecule has 0 unspecified atom stereocenters. The van der Waals surface area contributed by atoms with E-state index < -0.39 is 10.8 Å². The molecule has 0 radical (unpaired) electrons. The second kappa shape index (κ2) is 6.96. The lowest BCUT2D eigenvalue weighted by atomic mass is 10.1. The molecule has 25 heavy (non-hydrogen) atoms. The van der Waals surface area contributed by atoms with Gasteiger partial charge in [0.05, 0.1) is 26.9 Å². The highest BCUT2D eigenvalue weighted by molar-refractivity contribution is 6.34. The predicted molar refractivity (Wildman–Crippen MR) is 96.8 cm³/mol. The van der Waals surface area contributed by atoms with Crippen molar-refractivity contribution in [1.82, 2.24) is 4.57 Å². The fraction of sp³-hybridized carbons (Fsp3) is 0. The molecule has 0 saturated carbocycles. The number of aromatic nitrogens is 1. The van der Waals surface area contributed by atoms with Crippen LogP contribution in [-0.2, 0) is 0 Å². The molecule has 1 aromatic heterocycles. The lowest BCUT2D eigenvalue weighted by Gasteiger charge is -2.13. The largest absolute Gasteiger partial charge is 0.322 e. The summed E-state index contributed by atoms with van der Waals surface area (Å²) in [7, 11) is 0. The summed E-state index contributed by atoms with van der Waals surface area (Å²) in [5.74, 6) is -0.551. The van der Waals surface area contributed by atoms with Gasteiger partial charge in [-0.1, -0.05) is 23.2 Å². The summed E-state index contributed by atoms with van der Waals surface area (Å²) in [5, 5.41) is 14.3. The van der Waals surface area contributed by atoms with Crippen LogP contribution in [0.3, 0.4) is 0 Å². The zero-order chi connectivity index (χ0) is 18.0. The van der Waals surface area contributed by atoms with Gasteiger partial charge in [-0.05, 0) is 36.4 Å². The van der Waals surface area contributed by atoms with E-state index in [1.807, 2.05) is 24.5 Å². The van der Waals surface area contributed by atoms with Crippen LogP contribution in [0.1, 0.15) is 10.4 Å². The van der Waals surface area contributed by atoms with E-state index in [1.165, 1.54) is 12.1 Å². The zero-order valence-corrected chi connectivity index (χ0v) is 14.2. The van der Waals surface area contributed by atoms with Crippen LogP contribution in [-0.4, -0.2) is 15.4 Å². The number of benzene rings is 2. The van der Waals surface area contributed by atoms with Crippen LogP contribution in [0.25, 0.3) is 5.69 Å². The first-order chi connectivity index (χ1) is 12.0. The monoisotopic (exact) mass is 375 g/mol. The molecule has 0 aliphatic carbocycles. The standard InChI is InChI=1S/C17H11Cl2N3O3/c18-11-3-6-15(16(9-11)21-7-1-2-8-21)20-17(23)13-10-12(22(24)25)4-5-14(13)19/h1-10H,(H,20,23). The number of carbonyl (C=O) groups is 1. The summed E-state index contributed by atoms with van der Waals surface area (Å²) in [6.45, 7) is 0. The van der Waals surface area contributed by atoms with E-state index >= 15 is 0 Å². The number of nitrogens with zero attached hydrogens (tertiary/aromatic N) is 2. The first-order valence-corrected chi connectivity index (χ1v) is 7.89. The molecule has 126 valence electrons. The maximum Gasteiger partial charge on any atom is 0.270 e. The van der Waals surface area contributed by atoms with Crippen molar-refractivity contribution >= 4 is 40.5 Å². The Labute approximate surface area is 152 Å². The van der Waals surface area contributed by atoms with Gasteiger partial charge < -0.3 is 9.88 Å². The molecule has 3 rings (SSSR count). The minimum Gasteiger partial charge on any atom is -0.322 e. The number of nitrogens with one attached hydrogen (secondary N) is 1. The summed E-state index contributed by atoms with van der Waals surface area (Å²) < 4.78 is 1.79. The van der Waals surface area contributed by atoms with E-state index in [2.05, 4.69) is 5.32 Å². The molecule has 1 N–H and O–H groups in total. The van der Waals surface area contributed by atoms with Gasteiger partial charge in [-0.2, -0.15) is 0 Å². The number of nitro benzene ring substituents is 1. The SMILES string of the molecule is O=C(Nc1ccc(Cl)cc1-n1cccc1)c1cc([N+](=O)[O-])ccc1Cl. The highest BCUT2D eigenvalue weighted by atomic mass is 35.5. The van der Waals surface area contributed by atoms with Gasteiger partial charge in [-0.15, -0.1) is 0 Å². The van der Waals surface area contributed by atoms with Crippen LogP contribution < -0.4 is 5.32 Å². The van der Waals surface area contributed by atoms with Gasteiger partial charge in [-0.3, -0.25) is 14.9 Å². The topological polar surface area (TPSA) is 77.2 Å². The maximum absolute atomic E-state index is 12.6. The van der Waals surface area contributed by atoms with Gasteiger partial charge in [0.15, 0.2) is 0 Å². The molecule has 2 aromatic carbocycles. The van der Waals surface area contributed by atoms with Gasteiger partial charge in [-0.25, -0.2) is 0 Å². The lowest BCUT2D eigenvalue weighted by Crippen LogP contribution is -2.14. The maximum atomic E-state index is 12.6. The van der Waals surface area contributed by atoms with Crippen LogP contribution in [0.2, 0.25) is 10.0 Å². The number of non-ortho nitro benzene ring substituents is 1. The van der Waals surface area contributed by atoms with Crippen molar-refractivity contribution in [1.29, 1.82) is 0 Å². The molecule has 8 heteroatoms. The lowest BCUT2D eigenvalue weighted by molar-refractivity contribution is -0.384. The van der Waals surface area contributed by atoms with Gasteiger partial charge >= 0.3 is 0 Å². The van der Waals surface area contributed by atoms with E-state index in [0.29, 0.717) is 16.4 Å². The zero-order valence-electron chi connectivity index (χ0n) is 12.6. The van der Waals surface area contributed by atoms with Crippen molar-refractivity contribution in [2.45, 2.75) is 0 Å². The number of amides is 1. The summed E-state index contributed by atoms with van der Waals surface area (Å²) in [6, 6.07) is 12.4. The Morgan fingerprint density at radius 3 is 2.48 bits per heavy atom. The Morgan fingerprint density at radius 1 is 1.08 bits per heavy atom. The van der Waals surface area contributed by atoms with Crippen LogP contribution >= 0.6 is 23.2 Å². The minimum atomic E-state index is -0.583. The van der Waals surface area contributed by atoms with Crippen LogP contribution in [0.15, 0.2) is 60.9 Å². The third-order valence-corrected chi connectivity index (χ3v) is 4.06. The molecule has 0 fully saturated rings. The fourth-order valence-electron chi connectivity index (χ4n) is 2.31. The van der Waals surface area contributed by atoms with E-state index in [0.717, 1.165) is 6.07 Å². The van der Waals surface area contributed by atoms with Gasteiger partial charge in [0.2, 0.25) is 0 Å². The molecule has 0 bridgehead atoms. The molecule has 0 saturated heterocycles. The first-order valence-electron chi connectivity index (χ1n) is 7.14. The van der Waals surface area contributed by atoms with E-state index in [9.17, 15) is 14.9 Å². The predicted octanol–water partition coefficient (Wildman–Crippen LogP) is 4.94. The van der Waals surface area contributed by atoms with Gasteiger partial charge in [0, 0.05) is 29.5 Å². The van der Waals surface area contributed by atoms with Crippen molar-refractivity contribution in [2.24, 2.45) is 0 Å². The highest BCUT2D eigenvalue weighted by Gasteiger charge is 2.17. The smallest absolute Gasteiger partial charge is 0.270 e. The average Bonchev–Trinajstić information content (AvgIpc) is 3.11. The third-order valence-electron chi connectivity index (χ3n) is 3.50. The number of hydrogen-bond acceptors (Lipinski definition) is 3. The number of hydrogen-bond donors (Lipinski definition) is 1. The minimum absolute atomic E-state index is 0.0178. The molecule has 3 aromatic rings. The normalized spacial score (nSPS) is 10.5. The van der Waals surface area contributed by atoms with Crippen LogP contribution in [0.5, 0.6) is 0 Å². The van der Waals surface area contributed by atoms with E-state index in [1.54, 1.807) is 22.8 Å².